The Morgan fingerprint density at radius 3 is 2.25 bits per heavy atom. The molecule has 2 unspecified atom stereocenters. The standard InChI is InChI=1S/C12H20O2S2/c1-8-4-10(15)6-9(2-3-12(13)14)7-11(16)5-8/h9-11,15-16H,1-7H2,(H,13,14). The lowest BCUT2D eigenvalue weighted by Crippen LogP contribution is -2.19. The van der Waals surface area contributed by atoms with Crippen molar-refractivity contribution in [3.8, 4) is 0 Å². The van der Waals surface area contributed by atoms with E-state index in [1.807, 2.05) is 0 Å². The van der Waals surface area contributed by atoms with E-state index in [2.05, 4.69) is 31.8 Å². The van der Waals surface area contributed by atoms with Crippen LogP contribution in [0.5, 0.6) is 0 Å². The highest BCUT2D eigenvalue weighted by atomic mass is 32.1. The molecule has 92 valence electrons. The lowest BCUT2D eigenvalue weighted by Gasteiger charge is -2.27. The number of thiol groups is 2. The largest absolute Gasteiger partial charge is 0.481 e. The molecule has 0 aromatic rings. The SMILES string of the molecule is C=C1CC(S)CC(CCC(=O)O)CC(S)C1. The van der Waals surface area contributed by atoms with Crippen LogP contribution in [0, 0.1) is 5.92 Å². The van der Waals surface area contributed by atoms with Crippen molar-refractivity contribution >= 4 is 31.2 Å². The fourth-order valence-corrected chi connectivity index (χ4v) is 3.46. The van der Waals surface area contributed by atoms with Crippen molar-refractivity contribution in [1.29, 1.82) is 0 Å². The van der Waals surface area contributed by atoms with Crippen LogP contribution >= 0.6 is 25.3 Å². The number of rotatable bonds is 3. The first-order valence-corrected chi connectivity index (χ1v) is 6.75. The van der Waals surface area contributed by atoms with Gasteiger partial charge in [-0.3, -0.25) is 4.79 Å². The molecule has 0 bridgehead atoms. The highest BCUT2D eigenvalue weighted by Gasteiger charge is 2.22. The van der Waals surface area contributed by atoms with Crippen molar-refractivity contribution in [2.45, 2.75) is 49.0 Å². The molecule has 2 nitrogen and oxygen atoms in total. The minimum atomic E-state index is -0.710. The third-order valence-electron chi connectivity index (χ3n) is 3.03. The topological polar surface area (TPSA) is 37.3 Å². The van der Waals surface area contributed by atoms with Gasteiger partial charge >= 0.3 is 5.97 Å². The second-order valence-electron chi connectivity index (χ2n) is 4.74. The lowest BCUT2D eigenvalue weighted by molar-refractivity contribution is -0.137. The van der Waals surface area contributed by atoms with Crippen LogP contribution in [0.2, 0.25) is 0 Å². The Labute approximate surface area is 108 Å². The predicted octanol–water partition coefficient (Wildman–Crippen LogP) is 3.19. The number of aliphatic carboxylic acids is 1. The molecule has 0 saturated heterocycles. The van der Waals surface area contributed by atoms with Crippen LogP contribution in [0.15, 0.2) is 12.2 Å². The summed E-state index contributed by atoms with van der Waals surface area (Å²) in [7, 11) is 0. The van der Waals surface area contributed by atoms with E-state index in [0.717, 1.165) is 32.1 Å². The van der Waals surface area contributed by atoms with E-state index in [-0.39, 0.29) is 6.42 Å². The smallest absolute Gasteiger partial charge is 0.303 e. The highest BCUT2D eigenvalue weighted by molar-refractivity contribution is 7.81. The second kappa shape index (κ2) is 6.60. The quantitative estimate of drug-likeness (QED) is 0.538. The molecule has 0 aliphatic heterocycles. The summed E-state index contributed by atoms with van der Waals surface area (Å²) in [6, 6.07) is 0. The molecule has 0 radical (unpaired) electrons. The monoisotopic (exact) mass is 260 g/mol. The molecule has 1 fully saturated rings. The van der Waals surface area contributed by atoms with Gasteiger partial charge in [0.25, 0.3) is 0 Å². The molecule has 2 atom stereocenters. The lowest BCUT2D eigenvalue weighted by atomic mass is 9.86. The van der Waals surface area contributed by atoms with E-state index in [1.165, 1.54) is 5.57 Å². The number of carboxylic acids is 1. The van der Waals surface area contributed by atoms with Gasteiger partial charge in [-0.15, -0.1) is 0 Å². The van der Waals surface area contributed by atoms with Crippen LogP contribution in [0.1, 0.15) is 38.5 Å². The van der Waals surface area contributed by atoms with E-state index in [0.29, 0.717) is 16.4 Å². The third-order valence-corrected chi connectivity index (χ3v) is 3.81. The first kappa shape index (κ1) is 14.0. The molecule has 1 N–H and O–H groups in total. The van der Waals surface area contributed by atoms with Gasteiger partial charge in [-0.05, 0) is 38.0 Å². The van der Waals surface area contributed by atoms with Crippen LogP contribution in [-0.4, -0.2) is 21.6 Å². The molecule has 1 aliphatic carbocycles. The van der Waals surface area contributed by atoms with E-state index in [1.54, 1.807) is 0 Å². The van der Waals surface area contributed by atoms with Gasteiger partial charge in [0.05, 0.1) is 0 Å². The predicted molar refractivity (Wildman–Crippen MR) is 73.5 cm³/mol. The number of hydrogen-bond acceptors (Lipinski definition) is 3. The summed E-state index contributed by atoms with van der Waals surface area (Å²) in [6.07, 6.45) is 4.83. The Kier molecular flexibility index (Phi) is 5.76. The van der Waals surface area contributed by atoms with Gasteiger partial charge in [-0.25, -0.2) is 0 Å². The molecule has 0 aromatic carbocycles. The van der Waals surface area contributed by atoms with Crippen LogP contribution in [0.25, 0.3) is 0 Å². The number of hydrogen-bond donors (Lipinski definition) is 3. The molecule has 0 spiro atoms. The molecule has 0 aromatic heterocycles. The molecular formula is C12H20O2S2. The highest BCUT2D eigenvalue weighted by Crippen LogP contribution is 2.32. The molecule has 1 saturated carbocycles. The fourth-order valence-electron chi connectivity index (χ4n) is 2.35. The van der Waals surface area contributed by atoms with E-state index >= 15 is 0 Å². The molecular weight excluding hydrogens is 240 g/mol. The summed E-state index contributed by atoms with van der Waals surface area (Å²) in [6.45, 7) is 4.02. The van der Waals surface area contributed by atoms with Crippen LogP contribution in [0.4, 0.5) is 0 Å². The van der Waals surface area contributed by atoms with Gasteiger partial charge in [0.1, 0.15) is 0 Å². The normalized spacial score (nSPS) is 31.9. The van der Waals surface area contributed by atoms with E-state index < -0.39 is 5.97 Å². The van der Waals surface area contributed by atoms with Gasteiger partial charge in [0.2, 0.25) is 0 Å². The van der Waals surface area contributed by atoms with Gasteiger partial charge < -0.3 is 5.11 Å². The van der Waals surface area contributed by atoms with Crippen LogP contribution in [-0.2, 0) is 4.79 Å². The average Bonchev–Trinajstić information content (AvgIpc) is 2.11. The zero-order valence-electron chi connectivity index (χ0n) is 9.43. The summed E-state index contributed by atoms with van der Waals surface area (Å²) in [5.74, 6) is -0.271. The number of allylic oxidation sites excluding steroid dienone is 1. The minimum Gasteiger partial charge on any atom is -0.481 e. The Morgan fingerprint density at radius 2 is 1.81 bits per heavy atom. The van der Waals surface area contributed by atoms with Gasteiger partial charge in [0.15, 0.2) is 0 Å². The average molecular weight is 260 g/mol. The Balaban J connectivity index is 2.49. The maximum atomic E-state index is 10.6. The molecule has 0 heterocycles. The van der Waals surface area contributed by atoms with E-state index in [9.17, 15) is 4.79 Å². The van der Waals surface area contributed by atoms with Crippen molar-refractivity contribution < 1.29 is 9.90 Å². The summed E-state index contributed by atoms with van der Waals surface area (Å²) in [5.41, 5.74) is 1.22. The van der Waals surface area contributed by atoms with Crippen molar-refractivity contribution in [3.05, 3.63) is 12.2 Å². The zero-order valence-corrected chi connectivity index (χ0v) is 11.2. The van der Waals surface area contributed by atoms with Gasteiger partial charge in [-0.1, -0.05) is 12.2 Å². The summed E-state index contributed by atoms with van der Waals surface area (Å²) in [4.78, 5) is 10.6. The summed E-state index contributed by atoms with van der Waals surface area (Å²) in [5, 5.41) is 9.34. The zero-order chi connectivity index (χ0) is 12.1. The molecule has 16 heavy (non-hydrogen) atoms. The first-order valence-electron chi connectivity index (χ1n) is 5.72. The van der Waals surface area contributed by atoms with Crippen molar-refractivity contribution in [2.75, 3.05) is 0 Å². The van der Waals surface area contributed by atoms with Gasteiger partial charge in [-0.2, -0.15) is 25.3 Å². The Hall–Kier alpha value is -0.0900. The second-order valence-corrected chi connectivity index (χ2v) is 6.20. The van der Waals surface area contributed by atoms with E-state index in [4.69, 9.17) is 5.11 Å². The minimum absolute atomic E-state index is 0.257. The molecule has 4 heteroatoms. The first-order chi connectivity index (χ1) is 7.47. The summed E-state index contributed by atoms with van der Waals surface area (Å²) < 4.78 is 0. The fraction of sp³-hybridized carbons (Fsp3) is 0.750. The molecule has 1 rings (SSSR count). The number of carbonyl (C=O) groups is 1. The Bertz CT molecular complexity index is 250. The maximum Gasteiger partial charge on any atom is 0.303 e. The maximum absolute atomic E-state index is 10.6. The summed E-state index contributed by atoms with van der Waals surface area (Å²) >= 11 is 9.08. The molecule has 0 amide bonds. The molecule has 1 aliphatic rings. The third kappa shape index (κ3) is 5.30. The number of carboxylic acid groups (broad SMARTS) is 1. The van der Waals surface area contributed by atoms with Crippen LogP contribution < -0.4 is 0 Å². The Morgan fingerprint density at radius 1 is 1.31 bits per heavy atom. The van der Waals surface area contributed by atoms with Crippen molar-refractivity contribution in [1.82, 2.24) is 0 Å². The van der Waals surface area contributed by atoms with Crippen LogP contribution in [0.3, 0.4) is 0 Å². The van der Waals surface area contributed by atoms with Gasteiger partial charge in [0, 0.05) is 16.9 Å². The van der Waals surface area contributed by atoms with Crippen molar-refractivity contribution in [2.24, 2.45) is 5.92 Å². The van der Waals surface area contributed by atoms with Crippen molar-refractivity contribution in [3.63, 3.8) is 0 Å².